The topological polar surface area (TPSA) is 46.4 Å². The number of nitrogens with zero attached hydrogens (tertiary/aromatic N) is 2. The zero-order valence-electron chi connectivity index (χ0n) is 18.9. The van der Waals surface area contributed by atoms with Gasteiger partial charge in [-0.3, -0.25) is 0 Å². The predicted octanol–water partition coefficient (Wildman–Crippen LogP) is 7.74. The molecule has 0 saturated carbocycles. The van der Waals surface area contributed by atoms with Crippen LogP contribution in [-0.2, 0) is 10.8 Å². The highest BCUT2D eigenvalue weighted by atomic mass is 32.2. The second-order valence-electron chi connectivity index (χ2n) is 10.1. The van der Waals surface area contributed by atoms with Gasteiger partial charge in [-0.2, -0.15) is 0 Å². The molecule has 0 atom stereocenters. The van der Waals surface area contributed by atoms with Crippen molar-refractivity contribution in [3.8, 4) is 11.1 Å². The lowest BCUT2D eigenvalue weighted by molar-refractivity contribution is -0.483. The molecule has 0 aromatic heterocycles. The van der Waals surface area contributed by atoms with E-state index in [-0.39, 0.29) is 15.9 Å². The summed E-state index contributed by atoms with van der Waals surface area (Å²) < 4.78 is 0. The van der Waals surface area contributed by atoms with Gasteiger partial charge < -0.3 is 0 Å². The van der Waals surface area contributed by atoms with Crippen molar-refractivity contribution < 1.29 is 5.03 Å². The van der Waals surface area contributed by atoms with Gasteiger partial charge in [-0.15, -0.1) is 0 Å². The van der Waals surface area contributed by atoms with Crippen LogP contribution in [0.1, 0.15) is 52.7 Å². The molecule has 1 aliphatic heterocycles. The highest BCUT2D eigenvalue weighted by Gasteiger charge is 2.35. The van der Waals surface area contributed by atoms with Gasteiger partial charge >= 0.3 is 0 Å². The van der Waals surface area contributed by atoms with E-state index in [0.717, 1.165) is 20.9 Å². The Morgan fingerprint density at radius 3 is 2.10 bits per heavy atom. The molecule has 1 heterocycles. The Balaban J connectivity index is 1.91. The number of hydrogen-bond acceptors (Lipinski definition) is 3. The Hall–Kier alpha value is -2.79. The fraction of sp³-hybridized carbons (Fsp3) is 0.308. The number of para-hydroxylation sites is 1. The maximum atomic E-state index is 12.3. The molecule has 0 unspecified atom stereocenters. The molecule has 0 radical (unpaired) electrons. The molecule has 0 spiro atoms. The zero-order valence-corrected chi connectivity index (χ0v) is 19.7. The number of anilines is 2. The van der Waals surface area contributed by atoms with Gasteiger partial charge in [-0.05, 0) is 45.7 Å². The Morgan fingerprint density at radius 1 is 0.806 bits per heavy atom. The van der Waals surface area contributed by atoms with E-state index in [1.165, 1.54) is 16.1 Å². The van der Waals surface area contributed by atoms with Crippen LogP contribution in [0.5, 0.6) is 0 Å². The van der Waals surface area contributed by atoms with Gasteiger partial charge in [0, 0.05) is 15.4 Å². The molecule has 0 aliphatic carbocycles. The third-order valence-electron chi connectivity index (χ3n) is 5.69. The number of nitro groups is 1. The standard InChI is InChI=1S/C26H28N2O2S/c1-25(2,3)18-10-7-9-17(15-18)20-11-8-12-22-24(20)27(28(29)30)21-14-13-19(26(4,5)6)16-23(21)31-22/h7-16H,1-6H3. The van der Waals surface area contributed by atoms with E-state index in [1.807, 2.05) is 42.5 Å². The van der Waals surface area contributed by atoms with Gasteiger partial charge in [0.25, 0.3) is 0 Å². The van der Waals surface area contributed by atoms with Crippen molar-refractivity contribution >= 4 is 23.1 Å². The van der Waals surface area contributed by atoms with Gasteiger partial charge in [-0.1, -0.05) is 101 Å². The molecule has 0 bridgehead atoms. The van der Waals surface area contributed by atoms with Crippen molar-refractivity contribution in [2.24, 2.45) is 0 Å². The van der Waals surface area contributed by atoms with E-state index in [4.69, 9.17) is 0 Å². The van der Waals surface area contributed by atoms with Gasteiger partial charge in [0.15, 0.2) is 5.03 Å². The van der Waals surface area contributed by atoms with Crippen LogP contribution in [-0.4, -0.2) is 5.03 Å². The van der Waals surface area contributed by atoms with Crippen LogP contribution in [0.25, 0.3) is 11.1 Å². The average molecular weight is 433 g/mol. The quantitative estimate of drug-likeness (QED) is 0.307. The van der Waals surface area contributed by atoms with Gasteiger partial charge in [0.1, 0.15) is 11.4 Å². The first-order chi connectivity index (χ1) is 14.5. The number of hydrazine groups is 1. The average Bonchev–Trinajstić information content (AvgIpc) is 2.69. The van der Waals surface area contributed by atoms with Crippen LogP contribution >= 0.6 is 11.8 Å². The Labute approximate surface area is 188 Å². The summed E-state index contributed by atoms with van der Waals surface area (Å²) in [5, 5.41) is 13.2. The molecule has 0 N–H and O–H groups in total. The van der Waals surface area contributed by atoms with Crippen molar-refractivity contribution in [3.63, 3.8) is 0 Å². The number of benzene rings is 3. The van der Waals surface area contributed by atoms with E-state index in [0.29, 0.717) is 11.4 Å². The first kappa shape index (κ1) is 21.4. The molecular formula is C26H28N2O2S. The molecule has 0 saturated heterocycles. The van der Waals surface area contributed by atoms with Crippen LogP contribution < -0.4 is 5.01 Å². The maximum absolute atomic E-state index is 12.3. The van der Waals surface area contributed by atoms with Gasteiger partial charge in [0.05, 0.1) is 0 Å². The van der Waals surface area contributed by atoms with E-state index in [2.05, 4.69) is 59.7 Å². The normalized spacial score (nSPS) is 13.5. The van der Waals surface area contributed by atoms with E-state index < -0.39 is 0 Å². The third-order valence-corrected chi connectivity index (χ3v) is 6.78. The summed E-state index contributed by atoms with van der Waals surface area (Å²) in [4.78, 5) is 14.1. The van der Waals surface area contributed by atoms with Crippen molar-refractivity contribution in [2.45, 2.75) is 62.2 Å². The lowest BCUT2D eigenvalue weighted by Crippen LogP contribution is -2.28. The number of fused-ring (bicyclic) bond motifs is 2. The number of hydrogen-bond donors (Lipinski definition) is 0. The van der Waals surface area contributed by atoms with E-state index >= 15 is 0 Å². The second-order valence-corrected chi connectivity index (χ2v) is 11.2. The van der Waals surface area contributed by atoms with Crippen molar-refractivity contribution in [1.29, 1.82) is 0 Å². The first-order valence-corrected chi connectivity index (χ1v) is 11.3. The van der Waals surface area contributed by atoms with E-state index in [9.17, 15) is 10.1 Å². The summed E-state index contributed by atoms with van der Waals surface area (Å²) in [6, 6.07) is 20.2. The lowest BCUT2D eigenvalue weighted by atomic mass is 9.85. The highest BCUT2D eigenvalue weighted by Crippen LogP contribution is 2.52. The largest absolute Gasteiger partial charge is 0.234 e. The fourth-order valence-corrected chi connectivity index (χ4v) is 4.98. The molecule has 0 fully saturated rings. The first-order valence-electron chi connectivity index (χ1n) is 10.5. The van der Waals surface area contributed by atoms with Crippen LogP contribution in [0.3, 0.4) is 0 Å². The predicted molar refractivity (Wildman–Crippen MR) is 129 cm³/mol. The minimum atomic E-state index is -0.300. The molecule has 160 valence electrons. The minimum absolute atomic E-state index is 0.00164. The van der Waals surface area contributed by atoms with Crippen molar-refractivity contribution in [2.75, 3.05) is 5.01 Å². The van der Waals surface area contributed by atoms with Crippen LogP contribution in [0.2, 0.25) is 0 Å². The minimum Gasteiger partial charge on any atom is -0.234 e. The van der Waals surface area contributed by atoms with Crippen LogP contribution in [0, 0.1) is 10.1 Å². The lowest BCUT2D eigenvalue weighted by Gasteiger charge is -2.29. The van der Waals surface area contributed by atoms with Crippen LogP contribution in [0.4, 0.5) is 11.4 Å². The van der Waals surface area contributed by atoms with E-state index in [1.54, 1.807) is 11.8 Å². The Bertz CT molecular complexity index is 1170. The molecule has 31 heavy (non-hydrogen) atoms. The summed E-state index contributed by atoms with van der Waals surface area (Å²) in [5.41, 5.74) is 5.47. The Kier molecular flexibility index (Phi) is 5.13. The van der Waals surface area contributed by atoms with Crippen molar-refractivity contribution in [1.82, 2.24) is 0 Å². The molecule has 3 aromatic carbocycles. The SMILES string of the molecule is CC(C)(C)c1cccc(-c2cccc3c2N([N+](=O)[O-])c2ccc(C(C)(C)C)cc2S3)c1. The third kappa shape index (κ3) is 3.94. The van der Waals surface area contributed by atoms with Gasteiger partial charge in [-0.25, -0.2) is 10.1 Å². The molecular weight excluding hydrogens is 404 g/mol. The second kappa shape index (κ2) is 7.41. The monoisotopic (exact) mass is 432 g/mol. The summed E-state index contributed by atoms with van der Waals surface area (Å²) in [5.74, 6) is 0. The molecule has 4 rings (SSSR count). The van der Waals surface area contributed by atoms with Gasteiger partial charge in [0.2, 0.25) is 0 Å². The number of rotatable bonds is 2. The summed E-state index contributed by atoms with van der Waals surface area (Å²) >= 11 is 1.61. The van der Waals surface area contributed by atoms with Crippen LogP contribution in [0.15, 0.2) is 70.5 Å². The highest BCUT2D eigenvalue weighted by molar-refractivity contribution is 7.99. The Morgan fingerprint density at radius 2 is 1.45 bits per heavy atom. The molecule has 4 nitrogen and oxygen atoms in total. The van der Waals surface area contributed by atoms with Crippen molar-refractivity contribution in [3.05, 3.63) is 81.9 Å². The zero-order chi connectivity index (χ0) is 22.6. The summed E-state index contributed by atoms with van der Waals surface area (Å²) in [6.07, 6.45) is 0. The molecule has 5 heteroatoms. The fourth-order valence-electron chi connectivity index (χ4n) is 3.86. The molecule has 0 amide bonds. The smallest absolute Gasteiger partial charge is 0.170 e. The maximum Gasteiger partial charge on any atom is 0.170 e. The summed E-state index contributed by atoms with van der Waals surface area (Å²) in [7, 11) is 0. The molecule has 1 aliphatic rings. The molecule has 3 aromatic rings. The summed E-state index contributed by atoms with van der Waals surface area (Å²) in [6.45, 7) is 13.0.